The molecule has 0 saturated carbocycles. The molecule has 3 heteroatoms. The largest absolute Gasteiger partial charge is 0.378 e. The zero-order valence-corrected chi connectivity index (χ0v) is 13.2. The average molecular weight is 286 g/mol. The molecule has 0 radical (unpaired) electrons. The van der Waals surface area contributed by atoms with Crippen LogP contribution >= 0.6 is 0 Å². The summed E-state index contributed by atoms with van der Waals surface area (Å²) in [5, 5.41) is 3.43. The van der Waals surface area contributed by atoms with Gasteiger partial charge in [-0.15, -0.1) is 0 Å². The monoisotopic (exact) mass is 286 g/mol. The second kappa shape index (κ2) is 6.72. The van der Waals surface area contributed by atoms with E-state index in [4.69, 9.17) is 0 Å². The molecule has 0 aliphatic rings. The van der Waals surface area contributed by atoms with Gasteiger partial charge in [0.1, 0.15) is 5.82 Å². The van der Waals surface area contributed by atoms with Gasteiger partial charge in [0.25, 0.3) is 0 Å². The molecule has 2 rings (SSSR count). The number of anilines is 1. The van der Waals surface area contributed by atoms with Crippen molar-refractivity contribution < 1.29 is 4.39 Å². The highest BCUT2D eigenvalue weighted by molar-refractivity contribution is 5.47. The second-order valence-corrected chi connectivity index (χ2v) is 5.49. The molecule has 2 aromatic carbocycles. The summed E-state index contributed by atoms with van der Waals surface area (Å²) in [4.78, 5) is 2.07. The lowest BCUT2D eigenvalue weighted by atomic mass is 9.97. The van der Waals surface area contributed by atoms with Crippen LogP contribution in [0.5, 0.6) is 0 Å². The third-order valence-corrected chi connectivity index (χ3v) is 3.68. The second-order valence-electron chi connectivity index (χ2n) is 5.49. The quantitative estimate of drug-likeness (QED) is 0.897. The molecule has 1 atom stereocenters. The van der Waals surface area contributed by atoms with Crippen molar-refractivity contribution >= 4 is 5.69 Å². The Kier molecular flexibility index (Phi) is 4.97. The summed E-state index contributed by atoms with van der Waals surface area (Å²) >= 11 is 0. The smallest absolute Gasteiger partial charge is 0.126 e. The van der Waals surface area contributed by atoms with E-state index in [1.807, 2.05) is 26.2 Å². The number of benzene rings is 2. The summed E-state index contributed by atoms with van der Waals surface area (Å²) in [6, 6.07) is 13.8. The molecule has 1 unspecified atom stereocenters. The number of nitrogens with zero attached hydrogens (tertiary/aromatic N) is 1. The SMILES string of the molecule is CCNC(c1ccc(N(C)C)cc1)c1ccc(C)c(F)c1. The van der Waals surface area contributed by atoms with Crippen LogP contribution in [0.15, 0.2) is 42.5 Å². The first-order chi connectivity index (χ1) is 10.0. The maximum absolute atomic E-state index is 13.8. The Morgan fingerprint density at radius 1 is 1.05 bits per heavy atom. The highest BCUT2D eigenvalue weighted by Gasteiger charge is 2.14. The van der Waals surface area contributed by atoms with Crippen LogP contribution in [-0.2, 0) is 0 Å². The number of hydrogen-bond donors (Lipinski definition) is 1. The lowest BCUT2D eigenvalue weighted by Gasteiger charge is -2.21. The summed E-state index contributed by atoms with van der Waals surface area (Å²) in [5.41, 5.74) is 3.93. The minimum absolute atomic E-state index is 0.0151. The predicted molar refractivity (Wildman–Crippen MR) is 87.4 cm³/mol. The van der Waals surface area contributed by atoms with Crippen molar-refractivity contribution in [3.05, 3.63) is 65.0 Å². The highest BCUT2D eigenvalue weighted by atomic mass is 19.1. The molecular formula is C18H23FN2. The Balaban J connectivity index is 2.35. The highest BCUT2D eigenvalue weighted by Crippen LogP contribution is 2.25. The van der Waals surface area contributed by atoms with E-state index in [1.54, 1.807) is 13.0 Å². The van der Waals surface area contributed by atoms with Crippen LogP contribution in [0.2, 0.25) is 0 Å². The fraction of sp³-hybridized carbons (Fsp3) is 0.333. The van der Waals surface area contributed by atoms with Gasteiger partial charge in [0.05, 0.1) is 6.04 Å². The first-order valence-corrected chi connectivity index (χ1v) is 7.29. The van der Waals surface area contributed by atoms with Crippen LogP contribution in [0.1, 0.15) is 29.7 Å². The van der Waals surface area contributed by atoms with Crippen molar-refractivity contribution in [3.63, 3.8) is 0 Å². The fourth-order valence-corrected chi connectivity index (χ4v) is 2.39. The van der Waals surface area contributed by atoms with E-state index < -0.39 is 0 Å². The molecule has 0 fully saturated rings. The summed E-state index contributed by atoms with van der Waals surface area (Å²) in [5.74, 6) is -0.152. The normalized spacial score (nSPS) is 12.2. The van der Waals surface area contributed by atoms with Crippen molar-refractivity contribution in [1.82, 2.24) is 5.32 Å². The minimum atomic E-state index is -0.152. The summed E-state index contributed by atoms with van der Waals surface area (Å²) in [7, 11) is 4.04. The molecule has 0 aliphatic heterocycles. The van der Waals surface area contributed by atoms with E-state index >= 15 is 0 Å². The lowest BCUT2D eigenvalue weighted by Crippen LogP contribution is -2.22. The lowest BCUT2D eigenvalue weighted by molar-refractivity contribution is 0.597. The molecule has 0 heterocycles. The Labute approximate surface area is 126 Å². The van der Waals surface area contributed by atoms with Gasteiger partial charge in [-0.25, -0.2) is 4.39 Å². The van der Waals surface area contributed by atoms with Crippen molar-refractivity contribution in [2.45, 2.75) is 19.9 Å². The molecule has 112 valence electrons. The molecule has 0 amide bonds. The van der Waals surface area contributed by atoms with Gasteiger partial charge in [-0.3, -0.25) is 0 Å². The zero-order chi connectivity index (χ0) is 15.4. The predicted octanol–water partition coefficient (Wildman–Crippen LogP) is 3.90. The van der Waals surface area contributed by atoms with Crippen LogP contribution in [0.4, 0.5) is 10.1 Å². The minimum Gasteiger partial charge on any atom is -0.378 e. The average Bonchev–Trinajstić information content (AvgIpc) is 2.48. The number of halogens is 1. The summed E-state index contributed by atoms with van der Waals surface area (Å²) in [6.07, 6.45) is 0. The van der Waals surface area contributed by atoms with E-state index in [2.05, 4.69) is 41.4 Å². The Hall–Kier alpha value is -1.87. The van der Waals surface area contributed by atoms with Crippen molar-refractivity contribution in [2.24, 2.45) is 0 Å². The third kappa shape index (κ3) is 3.61. The first-order valence-electron chi connectivity index (χ1n) is 7.29. The molecule has 21 heavy (non-hydrogen) atoms. The Morgan fingerprint density at radius 3 is 2.19 bits per heavy atom. The van der Waals surface area contributed by atoms with Gasteiger partial charge >= 0.3 is 0 Å². The van der Waals surface area contributed by atoms with Crippen LogP contribution < -0.4 is 10.2 Å². The Bertz CT molecular complexity index is 591. The van der Waals surface area contributed by atoms with E-state index in [0.717, 1.165) is 23.4 Å². The molecule has 1 N–H and O–H groups in total. The van der Waals surface area contributed by atoms with Crippen molar-refractivity contribution in [3.8, 4) is 0 Å². The van der Waals surface area contributed by atoms with Crippen LogP contribution in [-0.4, -0.2) is 20.6 Å². The van der Waals surface area contributed by atoms with Gasteiger partial charge in [0.15, 0.2) is 0 Å². The van der Waals surface area contributed by atoms with Crippen LogP contribution in [0.25, 0.3) is 0 Å². The van der Waals surface area contributed by atoms with Crippen LogP contribution in [0.3, 0.4) is 0 Å². The van der Waals surface area contributed by atoms with Gasteiger partial charge in [-0.2, -0.15) is 0 Å². The molecule has 0 saturated heterocycles. The molecule has 0 bridgehead atoms. The maximum atomic E-state index is 13.8. The fourth-order valence-electron chi connectivity index (χ4n) is 2.39. The van der Waals surface area contributed by atoms with E-state index in [9.17, 15) is 4.39 Å². The molecule has 0 spiro atoms. The summed E-state index contributed by atoms with van der Waals surface area (Å²) in [6.45, 7) is 4.68. The van der Waals surface area contributed by atoms with Crippen molar-refractivity contribution in [2.75, 3.05) is 25.5 Å². The van der Waals surface area contributed by atoms with Gasteiger partial charge in [-0.05, 0) is 48.4 Å². The topological polar surface area (TPSA) is 15.3 Å². The number of aryl methyl sites for hydroxylation is 1. The molecule has 0 aliphatic carbocycles. The molecule has 2 aromatic rings. The van der Waals surface area contributed by atoms with Gasteiger partial charge < -0.3 is 10.2 Å². The van der Waals surface area contributed by atoms with E-state index in [-0.39, 0.29) is 11.9 Å². The van der Waals surface area contributed by atoms with Crippen molar-refractivity contribution in [1.29, 1.82) is 0 Å². The Morgan fingerprint density at radius 2 is 1.67 bits per heavy atom. The van der Waals surface area contributed by atoms with E-state index in [0.29, 0.717) is 5.56 Å². The third-order valence-electron chi connectivity index (χ3n) is 3.68. The number of rotatable bonds is 5. The van der Waals surface area contributed by atoms with Gasteiger partial charge in [0, 0.05) is 19.8 Å². The molecular weight excluding hydrogens is 263 g/mol. The standard InChI is InChI=1S/C18H23FN2/c1-5-20-18(15-7-6-13(2)17(19)12-15)14-8-10-16(11-9-14)21(3)4/h6-12,18,20H,5H2,1-4H3. The van der Waals surface area contributed by atoms with Gasteiger partial charge in [0.2, 0.25) is 0 Å². The maximum Gasteiger partial charge on any atom is 0.126 e. The summed E-state index contributed by atoms with van der Waals surface area (Å²) < 4.78 is 13.8. The number of nitrogens with one attached hydrogen (secondary N) is 1. The zero-order valence-electron chi connectivity index (χ0n) is 13.2. The molecule has 2 nitrogen and oxygen atoms in total. The first kappa shape index (κ1) is 15.5. The molecule has 0 aromatic heterocycles. The number of hydrogen-bond acceptors (Lipinski definition) is 2. The van der Waals surface area contributed by atoms with E-state index in [1.165, 1.54) is 0 Å². The van der Waals surface area contributed by atoms with Crippen LogP contribution in [0, 0.1) is 12.7 Å². The van der Waals surface area contributed by atoms with Gasteiger partial charge in [-0.1, -0.05) is 31.2 Å².